The van der Waals surface area contributed by atoms with Gasteiger partial charge in [-0.05, 0) is 147 Å². The zero-order chi connectivity index (χ0) is 65.5. The largest absolute Gasteiger partial charge is 0.457 e. The van der Waals surface area contributed by atoms with Gasteiger partial charge in [-0.1, -0.05) is 217 Å². The molecule has 2 aliphatic heterocycles. The molecule has 13 aromatic rings. The Kier molecular flexibility index (Phi) is 10.9. The van der Waals surface area contributed by atoms with Crippen molar-refractivity contribution in [1.82, 2.24) is 9.55 Å². The highest BCUT2D eigenvalue weighted by molar-refractivity contribution is 6.09. The number of hydrogen-bond donors (Lipinski definition) is 0. The molecule has 89 heavy (non-hydrogen) atoms. The fraction of sp³-hybridized carbons (Fsp3) is 0.145. The second-order valence-electron chi connectivity index (χ2n) is 25.9. The Bertz CT molecular complexity index is 5200. The Morgan fingerprint density at radius 1 is 0.449 bits per heavy atom. The summed E-state index contributed by atoms with van der Waals surface area (Å²) < 4.78 is 66.0. The van der Waals surface area contributed by atoms with E-state index in [1.54, 1.807) is 24.4 Å². The van der Waals surface area contributed by atoms with Crippen LogP contribution in [0.5, 0.6) is 23.0 Å². The van der Waals surface area contributed by atoms with Gasteiger partial charge in [0.1, 0.15) is 35.5 Å². The number of benzene rings is 11. The van der Waals surface area contributed by atoms with Crippen LogP contribution in [0.3, 0.4) is 0 Å². The van der Waals surface area contributed by atoms with Crippen LogP contribution in [0, 0.1) is 13.7 Å². The molecule has 1 aliphatic carbocycles. The maximum absolute atomic E-state index is 8.73. The molecule has 432 valence electrons. The van der Waals surface area contributed by atoms with Crippen LogP contribution in [0.15, 0.2) is 255 Å². The zero-order valence-corrected chi connectivity index (χ0v) is 50.6. The number of hydrogen-bond acceptors (Lipinski definition) is 5. The lowest BCUT2D eigenvalue weighted by Gasteiger charge is -2.39. The van der Waals surface area contributed by atoms with Gasteiger partial charge in [0, 0.05) is 70.8 Å². The van der Waals surface area contributed by atoms with Gasteiger partial charge in [-0.3, -0.25) is 4.57 Å². The second-order valence-corrected chi connectivity index (χ2v) is 25.9. The predicted octanol–water partition coefficient (Wildman–Crippen LogP) is 21.9. The summed E-state index contributed by atoms with van der Waals surface area (Å²) in [6.07, 6.45) is 1.54. The van der Waals surface area contributed by atoms with Crippen LogP contribution in [0.1, 0.15) is 94.3 Å². The highest BCUT2D eigenvalue weighted by Crippen LogP contribution is 2.63. The lowest BCUT2D eigenvalue weighted by Crippen LogP contribution is -2.32. The summed E-state index contributed by atoms with van der Waals surface area (Å²) in [6, 6.07) is 86.1. The Balaban J connectivity index is 0.819. The molecule has 0 unspecified atom stereocenters. The molecule has 3 aliphatic rings. The van der Waals surface area contributed by atoms with Gasteiger partial charge in [0.2, 0.25) is 0 Å². The summed E-state index contributed by atoms with van der Waals surface area (Å²) >= 11 is 0. The third-order valence-corrected chi connectivity index (χ3v) is 18.5. The van der Waals surface area contributed by atoms with Crippen molar-refractivity contribution >= 4 is 44.6 Å². The molecule has 6 nitrogen and oxygen atoms in total. The van der Waals surface area contributed by atoms with Gasteiger partial charge in [-0.25, -0.2) is 4.98 Å². The molecular formula is C83H68N4O2. The summed E-state index contributed by atoms with van der Waals surface area (Å²) in [5.74, 6) is 3.32. The van der Waals surface area contributed by atoms with Gasteiger partial charge in [-0.2, -0.15) is 0 Å². The first kappa shape index (κ1) is 47.7. The van der Waals surface area contributed by atoms with Crippen LogP contribution in [0.2, 0.25) is 0 Å². The van der Waals surface area contributed by atoms with Crippen LogP contribution >= 0.6 is 0 Å². The third-order valence-electron chi connectivity index (χ3n) is 18.5. The number of para-hydroxylation sites is 6. The fourth-order valence-corrected chi connectivity index (χ4v) is 14.2. The molecular weight excluding hydrogens is 1080 g/mol. The molecule has 2 aromatic heterocycles. The maximum atomic E-state index is 8.73. The second kappa shape index (κ2) is 20.3. The van der Waals surface area contributed by atoms with Crippen LogP contribution in [0.4, 0.5) is 22.7 Å². The molecule has 0 atom stereocenters. The molecule has 11 aromatic carbocycles. The molecule has 6 heteroatoms. The highest BCUT2D eigenvalue weighted by Gasteiger charge is 2.51. The number of nitrogens with zero attached hydrogens (tertiary/aromatic N) is 4. The Labute approximate surface area is 530 Å². The molecule has 16 rings (SSSR count). The molecule has 4 heterocycles. The number of ether oxygens (including phenoxy) is 2. The topological polar surface area (TPSA) is 42.8 Å². The quantitative estimate of drug-likeness (QED) is 0.152. The van der Waals surface area contributed by atoms with Crippen LogP contribution in [-0.4, -0.2) is 16.2 Å². The van der Waals surface area contributed by atoms with E-state index in [0.29, 0.717) is 35.1 Å². The standard InChI is InChI=1S/C83H68N4O2/c1-52-22-19-23-54(42-52)68-50-84-79(43-53(68)2)87-73-33-14-10-27-66(73)67-41-39-61(49-76(67)87)88-60-25-20-24-59(48-60)85-51-86(75-35-16-15-34-74(75)85)80-62(28-21-29-63(80)56-44-57(81(3,4)5)47-58(45-56)82(6,7)8)55-38-40-65-64-26-9-11-30-69(64)83(72(65)46-55)70-31-12-17-36-77(70)89-78-37-18-13-32-71(78)83/h9-50H,51H2,1-8H3/i1D3,2D3. The van der Waals surface area contributed by atoms with Crippen molar-refractivity contribution in [3.8, 4) is 73.3 Å². The number of pyridine rings is 1. The lowest BCUT2D eigenvalue weighted by atomic mass is 9.66. The number of aryl methyl sites for hydroxylation is 2. The average Bonchev–Trinajstić information content (AvgIpc) is 1.57. The smallest absolute Gasteiger partial charge is 0.137 e. The number of fused-ring (bicyclic) bond motifs is 13. The summed E-state index contributed by atoms with van der Waals surface area (Å²) in [4.78, 5) is 9.80. The summed E-state index contributed by atoms with van der Waals surface area (Å²) in [7, 11) is 0. The fourth-order valence-electron chi connectivity index (χ4n) is 14.2. The van der Waals surface area contributed by atoms with E-state index in [-0.39, 0.29) is 22.0 Å². The minimum atomic E-state index is -2.56. The molecule has 1 spiro atoms. The van der Waals surface area contributed by atoms with E-state index in [1.807, 2.05) is 59.2 Å². The van der Waals surface area contributed by atoms with Crippen molar-refractivity contribution in [2.45, 2.75) is 71.5 Å². The van der Waals surface area contributed by atoms with Crippen molar-refractivity contribution in [2.75, 3.05) is 16.5 Å². The predicted molar refractivity (Wildman–Crippen MR) is 368 cm³/mol. The van der Waals surface area contributed by atoms with E-state index in [9.17, 15) is 0 Å². The molecule has 0 fully saturated rings. The highest BCUT2D eigenvalue weighted by atomic mass is 16.5. The van der Waals surface area contributed by atoms with Gasteiger partial charge in [0.05, 0.1) is 33.5 Å². The van der Waals surface area contributed by atoms with Crippen LogP contribution in [0.25, 0.3) is 72.1 Å². The van der Waals surface area contributed by atoms with Crippen molar-refractivity contribution in [2.24, 2.45) is 0 Å². The van der Waals surface area contributed by atoms with Crippen molar-refractivity contribution in [3.05, 3.63) is 299 Å². The van der Waals surface area contributed by atoms with Gasteiger partial charge in [0.25, 0.3) is 0 Å². The van der Waals surface area contributed by atoms with E-state index in [4.69, 9.17) is 22.7 Å². The molecule has 0 saturated carbocycles. The maximum Gasteiger partial charge on any atom is 0.137 e. The first-order chi connectivity index (χ1) is 45.6. The van der Waals surface area contributed by atoms with Crippen LogP contribution in [-0.2, 0) is 16.2 Å². The number of anilines is 4. The van der Waals surface area contributed by atoms with Crippen molar-refractivity contribution in [1.29, 1.82) is 0 Å². The van der Waals surface area contributed by atoms with E-state index in [2.05, 4.69) is 215 Å². The van der Waals surface area contributed by atoms with E-state index in [0.717, 1.165) is 89.4 Å². The Morgan fingerprint density at radius 3 is 1.82 bits per heavy atom. The SMILES string of the molecule is [2H]C([2H])([2H])c1cccc(-c2cnc(-n3c4ccccc4c4ccc(Oc5cccc(N6CN(c7c(-c8cc(C(C)(C)C)cc(C(C)(C)C)c8)cccc7-c7ccc8c(c7)C7(c9ccccc9Oc9ccccc97)c7ccccc7-8)c7ccccc76)c5)cc43)cc2C([2H])([2H])[2H])c1. The van der Waals surface area contributed by atoms with Crippen molar-refractivity contribution in [3.63, 3.8) is 0 Å². The lowest BCUT2D eigenvalue weighted by molar-refractivity contribution is 0.436. The number of aromatic nitrogens is 2. The van der Waals surface area contributed by atoms with Crippen LogP contribution < -0.4 is 19.3 Å². The number of rotatable bonds is 8. The van der Waals surface area contributed by atoms with E-state index < -0.39 is 19.1 Å². The van der Waals surface area contributed by atoms with Gasteiger partial charge >= 0.3 is 0 Å². The van der Waals surface area contributed by atoms with Crippen molar-refractivity contribution < 1.29 is 17.7 Å². The minimum Gasteiger partial charge on any atom is -0.457 e. The molecule has 0 amide bonds. The monoisotopic (exact) mass is 1160 g/mol. The summed E-state index contributed by atoms with van der Waals surface area (Å²) in [5.41, 5.74) is 20.0. The van der Waals surface area contributed by atoms with Gasteiger partial charge in [-0.15, -0.1) is 0 Å². The zero-order valence-electron chi connectivity index (χ0n) is 56.6. The van der Waals surface area contributed by atoms with E-state index in [1.165, 1.54) is 45.5 Å². The summed E-state index contributed by atoms with van der Waals surface area (Å²) in [5, 5.41) is 1.90. The van der Waals surface area contributed by atoms with E-state index >= 15 is 0 Å². The molecule has 0 bridgehead atoms. The van der Waals surface area contributed by atoms with Gasteiger partial charge in [0.15, 0.2) is 0 Å². The van der Waals surface area contributed by atoms with Gasteiger partial charge < -0.3 is 19.3 Å². The molecule has 0 saturated heterocycles. The summed E-state index contributed by atoms with van der Waals surface area (Å²) in [6.45, 7) is 9.37. The normalized spacial score (nSPS) is 15.0. The first-order valence-electron chi connectivity index (χ1n) is 33.6. The Hall–Kier alpha value is -10.4. The Morgan fingerprint density at radius 2 is 1.07 bits per heavy atom. The average molecular weight is 1160 g/mol. The minimum absolute atomic E-state index is 0.0579. The first-order valence-corrected chi connectivity index (χ1v) is 30.6. The third kappa shape index (κ3) is 8.71. The molecule has 0 radical (unpaired) electrons. The molecule has 0 N–H and O–H groups in total.